The van der Waals surface area contributed by atoms with Crippen LogP contribution in [0.5, 0.6) is 0 Å². The second-order valence-corrected chi connectivity index (χ2v) is 6.60. The lowest BCUT2D eigenvalue weighted by Gasteiger charge is -2.13. The molecule has 0 aliphatic carbocycles. The van der Waals surface area contributed by atoms with Crippen LogP contribution in [-0.4, -0.2) is 17.9 Å². The minimum atomic E-state index is -5.20. The molecule has 0 aromatic heterocycles. The highest BCUT2D eigenvalue weighted by atomic mass is 31.2. The zero-order chi connectivity index (χ0) is 17.3. The topological polar surface area (TPSA) is 55.8 Å². The van der Waals surface area contributed by atoms with Crippen LogP contribution in [0.15, 0.2) is 24.3 Å². The lowest BCUT2D eigenvalue weighted by Crippen LogP contribution is -2.12. The van der Waals surface area contributed by atoms with Crippen LogP contribution in [0, 0.1) is 0 Å². The lowest BCUT2D eigenvalue weighted by molar-refractivity contribution is -0.282. The maximum Gasteiger partial charge on any atom is 0.531 e. The van der Waals surface area contributed by atoms with Crippen molar-refractivity contribution >= 4 is 7.82 Å². The maximum atomic E-state index is 11.9. The van der Waals surface area contributed by atoms with E-state index in [2.05, 4.69) is 16.0 Å². The summed E-state index contributed by atoms with van der Waals surface area (Å²) in [4.78, 5) is 8.90. The molecular formula is C15H22F3O4P. The summed E-state index contributed by atoms with van der Waals surface area (Å²) in [5.74, 6) is 0. The number of unbranched alkanes of at least 4 members (excludes halogenated alkanes) is 2. The minimum Gasteiger partial charge on any atom is -0.302 e. The van der Waals surface area contributed by atoms with Gasteiger partial charge in [0, 0.05) is 0 Å². The van der Waals surface area contributed by atoms with E-state index in [4.69, 9.17) is 4.89 Å². The minimum absolute atomic E-state index is 0.288. The Labute approximate surface area is 134 Å². The van der Waals surface area contributed by atoms with Crippen molar-refractivity contribution in [3.63, 3.8) is 0 Å². The van der Waals surface area contributed by atoms with Crippen molar-refractivity contribution in [2.45, 2.75) is 51.8 Å². The summed E-state index contributed by atoms with van der Waals surface area (Å²) in [6, 6.07) is 7.92. The standard InChI is InChI=1S/C15H22F3O4P/c1-2-3-4-7-13-8-5-9-14(12-13)10-6-11-21-23(19,20)22-15(16,17)18/h5,8-9,12H,2-4,6-7,10-11H2,1H3,(H,19,20). The molecule has 1 rings (SSSR count). The van der Waals surface area contributed by atoms with Crippen molar-refractivity contribution in [3.05, 3.63) is 35.4 Å². The molecule has 1 aromatic rings. The molecule has 1 aromatic carbocycles. The number of phosphoric ester groups is 1. The molecule has 1 unspecified atom stereocenters. The predicted octanol–water partition coefficient (Wildman–Crippen LogP) is 5.01. The molecule has 0 fully saturated rings. The molecule has 0 saturated carbocycles. The second-order valence-electron chi connectivity index (χ2n) is 5.22. The van der Waals surface area contributed by atoms with Gasteiger partial charge in [0.15, 0.2) is 0 Å². The van der Waals surface area contributed by atoms with Crippen molar-refractivity contribution in [2.75, 3.05) is 6.61 Å². The lowest BCUT2D eigenvalue weighted by atomic mass is 10.0. The van der Waals surface area contributed by atoms with Gasteiger partial charge in [-0.25, -0.2) is 4.57 Å². The fraction of sp³-hybridized carbons (Fsp3) is 0.600. The fourth-order valence-corrected chi connectivity index (χ4v) is 2.81. The number of hydrogen-bond donors (Lipinski definition) is 1. The van der Waals surface area contributed by atoms with E-state index >= 15 is 0 Å². The van der Waals surface area contributed by atoms with Gasteiger partial charge in [-0.3, -0.25) is 4.52 Å². The third-order valence-electron chi connectivity index (χ3n) is 3.14. The Bertz CT molecular complexity index is 520. The molecule has 0 spiro atoms. The van der Waals surface area contributed by atoms with Crippen LogP contribution in [0.4, 0.5) is 13.2 Å². The van der Waals surface area contributed by atoms with Crippen molar-refractivity contribution in [3.8, 4) is 0 Å². The van der Waals surface area contributed by atoms with Crippen LogP contribution in [0.25, 0.3) is 0 Å². The SMILES string of the molecule is CCCCCc1cccc(CCCOP(=O)(O)OC(F)(F)F)c1. The van der Waals surface area contributed by atoms with Gasteiger partial charge in [0.25, 0.3) is 0 Å². The van der Waals surface area contributed by atoms with Crippen LogP contribution in [-0.2, 0) is 26.5 Å². The monoisotopic (exact) mass is 354 g/mol. The van der Waals surface area contributed by atoms with Gasteiger partial charge in [0.2, 0.25) is 0 Å². The molecule has 8 heteroatoms. The Morgan fingerprint density at radius 3 is 2.30 bits per heavy atom. The molecule has 23 heavy (non-hydrogen) atoms. The first-order valence-electron chi connectivity index (χ1n) is 7.54. The molecule has 0 aliphatic rings. The quantitative estimate of drug-likeness (QED) is 0.474. The van der Waals surface area contributed by atoms with Crippen molar-refractivity contribution in [2.24, 2.45) is 0 Å². The molecule has 0 bridgehead atoms. The van der Waals surface area contributed by atoms with E-state index in [-0.39, 0.29) is 6.61 Å². The zero-order valence-corrected chi connectivity index (χ0v) is 13.9. The normalized spacial score (nSPS) is 14.7. The number of aryl methyl sites for hydroxylation is 2. The molecule has 1 N–H and O–H groups in total. The molecule has 0 radical (unpaired) electrons. The highest BCUT2D eigenvalue weighted by Gasteiger charge is 2.40. The van der Waals surface area contributed by atoms with Crippen molar-refractivity contribution in [1.29, 1.82) is 0 Å². The van der Waals surface area contributed by atoms with E-state index < -0.39 is 14.2 Å². The Kier molecular flexibility index (Phi) is 8.26. The van der Waals surface area contributed by atoms with Gasteiger partial charge >= 0.3 is 14.2 Å². The van der Waals surface area contributed by atoms with Crippen LogP contribution < -0.4 is 0 Å². The summed E-state index contributed by atoms with van der Waals surface area (Å²) in [5, 5.41) is 0. The first-order valence-corrected chi connectivity index (χ1v) is 9.04. The summed E-state index contributed by atoms with van der Waals surface area (Å²) < 4.78 is 54.0. The predicted molar refractivity (Wildman–Crippen MR) is 80.9 cm³/mol. The van der Waals surface area contributed by atoms with Gasteiger partial charge in [-0.2, -0.15) is 4.52 Å². The molecule has 1 atom stereocenters. The van der Waals surface area contributed by atoms with Gasteiger partial charge in [0.1, 0.15) is 0 Å². The first-order chi connectivity index (χ1) is 10.7. The third kappa shape index (κ3) is 9.76. The highest BCUT2D eigenvalue weighted by Crippen LogP contribution is 2.48. The summed E-state index contributed by atoms with van der Waals surface area (Å²) in [6.45, 7) is 1.85. The average molecular weight is 354 g/mol. The van der Waals surface area contributed by atoms with Gasteiger partial charge in [-0.15, -0.1) is 13.2 Å². The fourth-order valence-electron chi connectivity index (χ4n) is 2.13. The molecule has 0 amide bonds. The van der Waals surface area contributed by atoms with E-state index in [1.807, 2.05) is 24.3 Å². The van der Waals surface area contributed by atoms with Gasteiger partial charge in [-0.05, 0) is 36.8 Å². The van der Waals surface area contributed by atoms with Crippen molar-refractivity contribution < 1.29 is 31.7 Å². The van der Waals surface area contributed by atoms with Crippen LogP contribution >= 0.6 is 7.82 Å². The Morgan fingerprint density at radius 2 is 1.74 bits per heavy atom. The Morgan fingerprint density at radius 1 is 1.13 bits per heavy atom. The van der Waals surface area contributed by atoms with Crippen LogP contribution in [0.1, 0.15) is 43.7 Å². The van der Waals surface area contributed by atoms with E-state index in [1.165, 1.54) is 12.0 Å². The molecule has 0 heterocycles. The van der Waals surface area contributed by atoms with E-state index in [9.17, 15) is 17.7 Å². The van der Waals surface area contributed by atoms with Gasteiger partial charge < -0.3 is 4.89 Å². The second kappa shape index (κ2) is 9.42. The Balaban J connectivity index is 2.35. The average Bonchev–Trinajstić information content (AvgIpc) is 2.42. The number of halogens is 3. The molecule has 4 nitrogen and oxygen atoms in total. The number of hydrogen-bond acceptors (Lipinski definition) is 3. The summed E-state index contributed by atoms with van der Waals surface area (Å²) in [6.07, 6.45) is 0.102. The molecule has 132 valence electrons. The maximum absolute atomic E-state index is 11.9. The van der Waals surface area contributed by atoms with Crippen molar-refractivity contribution in [1.82, 2.24) is 0 Å². The number of benzene rings is 1. The van der Waals surface area contributed by atoms with Gasteiger partial charge in [0.05, 0.1) is 6.61 Å². The van der Waals surface area contributed by atoms with E-state index in [0.717, 1.165) is 24.8 Å². The van der Waals surface area contributed by atoms with Gasteiger partial charge in [-0.1, -0.05) is 44.0 Å². The van der Waals surface area contributed by atoms with Crippen LogP contribution in [0.3, 0.4) is 0 Å². The van der Waals surface area contributed by atoms with E-state index in [1.54, 1.807) is 0 Å². The zero-order valence-electron chi connectivity index (χ0n) is 13.0. The molecular weight excluding hydrogens is 332 g/mol. The third-order valence-corrected chi connectivity index (χ3v) is 4.09. The number of alkyl halides is 3. The number of rotatable bonds is 10. The smallest absolute Gasteiger partial charge is 0.302 e. The summed E-state index contributed by atoms with van der Waals surface area (Å²) in [5.41, 5.74) is 2.23. The molecule has 0 saturated heterocycles. The highest BCUT2D eigenvalue weighted by molar-refractivity contribution is 7.47. The number of phosphoric acid groups is 1. The molecule has 0 aliphatic heterocycles. The largest absolute Gasteiger partial charge is 0.531 e. The van der Waals surface area contributed by atoms with Crippen LogP contribution in [0.2, 0.25) is 0 Å². The first kappa shape index (κ1) is 20.2. The summed E-state index contributed by atoms with van der Waals surface area (Å²) in [7, 11) is -5.09. The van der Waals surface area contributed by atoms with E-state index in [0.29, 0.717) is 12.8 Å². The summed E-state index contributed by atoms with van der Waals surface area (Å²) >= 11 is 0. The Hall–Kier alpha value is -0.880.